The van der Waals surface area contributed by atoms with Gasteiger partial charge in [0.25, 0.3) is 0 Å². The van der Waals surface area contributed by atoms with Crippen LogP contribution >= 0.6 is 34.5 Å². The largest absolute Gasteiger partial charge is 0.348 e. The number of imidazole rings is 1. The van der Waals surface area contributed by atoms with E-state index in [1.165, 1.54) is 11.3 Å². The van der Waals surface area contributed by atoms with Crippen molar-refractivity contribution < 1.29 is 4.79 Å². The maximum Gasteiger partial charge on any atom is 0.240 e. The smallest absolute Gasteiger partial charge is 0.240 e. The summed E-state index contributed by atoms with van der Waals surface area (Å²) >= 11 is 13.6. The van der Waals surface area contributed by atoms with Gasteiger partial charge in [0.05, 0.1) is 32.6 Å². The highest BCUT2D eigenvalue weighted by molar-refractivity contribution is 7.07. The lowest BCUT2D eigenvalue weighted by Gasteiger charge is -2.16. The molecular weight excluding hydrogens is 415 g/mol. The molecular formula is C20H16Cl2N4OS. The first kappa shape index (κ1) is 18.9. The van der Waals surface area contributed by atoms with Crippen LogP contribution < -0.4 is 5.32 Å². The third-order valence-corrected chi connectivity index (χ3v) is 5.76. The van der Waals surface area contributed by atoms with Crippen LogP contribution in [0.4, 0.5) is 0 Å². The molecule has 0 saturated heterocycles. The molecule has 4 rings (SSSR count). The summed E-state index contributed by atoms with van der Waals surface area (Å²) < 4.78 is 1.89. The lowest BCUT2D eigenvalue weighted by atomic mass is 10.1. The highest BCUT2D eigenvalue weighted by Crippen LogP contribution is 2.26. The first-order valence-electron chi connectivity index (χ1n) is 8.61. The lowest BCUT2D eigenvalue weighted by Crippen LogP contribution is -2.30. The molecule has 0 aliphatic rings. The second kappa shape index (κ2) is 7.91. The standard InChI is InChI=1S/C20H16Cl2N4OS/c1-12(13-6-7-14(21)15(22)8-13)24-19(27)9-26-18-5-3-2-4-16(18)25-20(26)17-10-28-11-23-17/h2-8,10-12H,9H2,1H3,(H,24,27)/t12-/m0/s1. The van der Waals surface area contributed by atoms with E-state index in [-0.39, 0.29) is 18.5 Å². The highest BCUT2D eigenvalue weighted by atomic mass is 35.5. The van der Waals surface area contributed by atoms with Crippen LogP contribution in [0, 0.1) is 0 Å². The van der Waals surface area contributed by atoms with Crippen molar-refractivity contribution in [3.05, 3.63) is 69.0 Å². The van der Waals surface area contributed by atoms with Gasteiger partial charge in [-0.3, -0.25) is 4.79 Å². The first-order chi connectivity index (χ1) is 13.5. The number of carbonyl (C=O) groups excluding carboxylic acids is 1. The number of thiazole rings is 1. The molecule has 2 aromatic heterocycles. The number of aromatic nitrogens is 3. The van der Waals surface area contributed by atoms with Gasteiger partial charge in [-0.15, -0.1) is 11.3 Å². The molecule has 1 atom stereocenters. The van der Waals surface area contributed by atoms with Crippen molar-refractivity contribution in [2.45, 2.75) is 19.5 Å². The predicted molar refractivity (Wildman–Crippen MR) is 114 cm³/mol. The Hall–Kier alpha value is -2.41. The zero-order valence-electron chi connectivity index (χ0n) is 14.9. The second-order valence-electron chi connectivity index (χ2n) is 6.35. The number of carbonyl (C=O) groups is 1. The third-order valence-electron chi connectivity index (χ3n) is 4.44. The number of para-hydroxylation sites is 2. The summed E-state index contributed by atoms with van der Waals surface area (Å²) in [5, 5.41) is 5.89. The Morgan fingerprint density at radius 2 is 2.04 bits per heavy atom. The summed E-state index contributed by atoms with van der Waals surface area (Å²) in [6, 6.07) is 12.9. The molecule has 1 amide bonds. The van der Waals surface area contributed by atoms with E-state index in [0.717, 1.165) is 22.3 Å². The van der Waals surface area contributed by atoms with Crippen molar-refractivity contribution in [3.8, 4) is 11.5 Å². The molecule has 1 N–H and O–H groups in total. The van der Waals surface area contributed by atoms with Crippen LogP contribution in [0.25, 0.3) is 22.6 Å². The van der Waals surface area contributed by atoms with E-state index in [9.17, 15) is 4.79 Å². The van der Waals surface area contributed by atoms with Gasteiger partial charge in [0.1, 0.15) is 12.2 Å². The minimum absolute atomic E-state index is 0.127. The molecule has 142 valence electrons. The summed E-state index contributed by atoms with van der Waals surface area (Å²) in [5.41, 5.74) is 5.12. The number of hydrogen-bond donors (Lipinski definition) is 1. The number of amides is 1. The molecule has 5 nitrogen and oxygen atoms in total. The summed E-state index contributed by atoms with van der Waals surface area (Å²) in [6.45, 7) is 2.05. The molecule has 0 radical (unpaired) electrons. The van der Waals surface area contributed by atoms with E-state index in [1.54, 1.807) is 17.6 Å². The molecule has 0 unspecified atom stereocenters. The predicted octanol–water partition coefficient (Wildman–Crippen LogP) is 5.34. The van der Waals surface area contributed by atoms with Gasteiger partial charge in [-0.1, -0.05) is 41.4 Å². The fraction of sp³-hybridized carbons (Fsp3) is 0.150. The van der Waals surface area contributed by atoms with Gasteiger partial charge in [0, 0.05) is 5.38 Å². The molecule has 2 heterocycles. The van der Waals surface area contributed by atoms with Crippen molar-refractivity contribution in [2.24, 2.45) is 0 Å². The zero-order valence-corrected chi connectivity index (χ0v) is 17.2. The highest BCUT2D eigenvalue weighted by Gasteiger charge is 2.18. The summed E-state index contributed by atoms with van der Waals surface area (Å²) in [4.78, 5) is 21.8. The minimum Gasteiger partial charge on any atom is -0.348 e. The van der Waals surface area contributed by atoms with Gasteiger partial charge in [0.2, 0.25) is 5.91 Å². The van der Waals surface area contributed by atoms with E-state index < -0.39 is 0 Å². The van der Waals surface area contributed by atoms with Crippen LogP contribution in [-0.4, -0.2) is 20.4 Å². The average molecular weight is 431 g/mol. The number of rotatable bonds is 5. The number of nitrogens with zero attached hydrogens (tertiary/aromatic N) is 3. The molecule has 2 aromatic carbocycles. The fourth-order valence-corrected chi connectivity index (χ4v) is 3.89. The average Bonchev–Trinajstić information content (AvgIpc) is 3.32. The molecule has 0 aliphatic heterocycles. The van der Waals surface area contributed by atoms with Crippen molar-refractivity contribution in [1.82, 2.24) is 19.9 Å². The van der Waals surface area contributed by atoms with E-state index in [4.69, 9.17) is 23.2 Å². The summed E-state index contributed by atoms with van der Waals surface area (Å²) in [5.74, 6) is 0.554. The molecule has 8 heteroatoms. The van der Waals surface area contributed by atoms with Crippen molar-refractivity contribution in [1.29, 1.82) is 0 Å². The minimum atomic E-state index is -0.209. The van der Waals surface area contributed by atoms with Gasteiger partial charge in [-0.05, 0) is 36.8 Å². The Morgan fingerprint density at radius 3 is 2.79 bits per heavy atom. The topological polar surface area (TPSA) is 59.8 Å². The van der Waals surface area contributed by atoms with Crippen LogP contribution in [0.2, 0.25) is 10.0 Å². The zero-order chi connectivity index (χ0) is 19.7. The Bertz CT molecular complexity index is 1140. The van der Waals surface area contributed by atoms with Crippen LogP contribution in [0.1, 0.15) is 18.5 Å². The van der Waals surface area contributed by atoms with Gasteiger partial charge < -0.3 is 9.88 Å². The molecule has 0 spiro atoms. The molecule has 28 heavy (non-hydrogen) atoms. The maximum absolute atomic E-state index is 12.8. The van der Waals surface area contributed by atoms with Gasteiger partial charge in [-0.25, -0.2) is 9.97 Å². The monoisotopic (exact) mass is 430 g/mol. The van der Waals surface area contributed by atoms with Crippen molar-refractivity contribution >= 4 is 51.5 Å². The molecule has 0 aliphatic carbocycles. The van der Waals surface area contributed by atoms with Crippen LogP contribution in [0.3, 0.4) is 0 Å². The quantitative estimate of drug-likeness (QED) is 0.464. The normalized spacial score (nSPS) is 12.2. The number of nitrogens with one attached hydrogen (secondary N) is 1. The fourth-order valence-electron chi connectivity index (χ4n) is 3.05. The SMILES string of the molecule is C[C@H](NC(=O)Cn1c(-c2cscn2)nc2ccccc21)c1ccc(Cl)c(Cl)c1. The molecule has 0 bridgehead atoms. The van der Waals surface area contributed by atoms with Crippen LogP contribution in [-0.2, 0) is 11.3 Å². The maximum atomic E-state index is 12.8. The second-order valence-corrected chi connectivity index (χ2v) is 7.88. The van der Waals surface area contributed by atoms with Crippen LogP contribution in [0.5, 0.6) is 0 Å². The Labute approximate surface area is 176 Å². The van der Waals surface area contributed by atoms with E-state index in [0.29, 0.717) is 15.9 Å². The first-order valence-corrected chi connectivity index (χ1v) is 10.3. The Kier molecular flexibility index (Phi) is 5.35. The van der Waals surface area contributed by atoms with E-state index in [1.807, 2.05) is 47.2 Å². The number of hydrogen-bond acceptors (Lipinski definition) is 4. The van der Waals surface area contributed by atoms with E-state index >= 15 is 0 Å². The number of fused-ring (bicyclic) bond motifs is 1. The summed E-state index contributed by atoms with van der Waals surface area (Å²) in [6.07, 6.45) is 0. The molecule has 4 aromatic rings. The van der Waals surface area contributed by atoms with Crippen molar-refractivity contribution in [2.75, 3.05) is 0 Å². The summed E-state index contributed by atoms with van der Waals surface area (Å²) in [7, 11) is 0. The number of benzene rings is 2. The van der Waals surface area contributed by atoms with Crippen LogP contribution in [0.15, 0.2) is 53.4 Å². The van der Waals surface area contributed by atoms with Gasteiger partial charge in [-0.2, -0.15) is 0 Å². The number of halogens is 2. The van der Waals surface area contributed by atoms with Crippen molar-refractivity contribution in [3.63, 3.8) is 0 Å². The molecule has 0 fully saturated rings. The Balaban J connectivity index is 1.60. The third kappa shape index (κ3) is 3.76. The van der Waals surface area contributed by atoms with Gasteiger partial charge in [0.15, 0.2) is 5.82 Å². The molecule has 0 saturated carbocycles. The lowest BCUT2D eigenvalue weighted by molar-refractivity contribution is -0.122. The van der Waals surface area contributed by atoms with Gasteiger partial charge >= 0.3 is 0 Å². The Morgan fingerprint density at radius 1 is 1.21 bits per heavy atom. The van der Waals surface area contributed by atoms with E-state index in [2.05, 4.69) is 15.3 Å².